The van der Waals surface area contributed by atoms with E-state index in [1.807, 2.05) is 0 Å². The Balaban J connectivity index is 1.37. The van der Waals surface area contributed by atoms with Crippen molar-refractivity contribution >= 4 is 38.9 Å². The molecule has 0 aliphatic heterocycles. The van der Waals surface area contributed by atoms with Crippen LogP contribution >= 0.6 is 0 Å². The molecule has 0 aliphatic carbocycles. The summed E-state index contributed by atoms with van der Waals surface area (Å²) in [6.07, 6.45) is 0. The summed E-state index contributed by atoms with van der Waals surface area (Å²) in [5.74, 6) is 0. The van der Waals surface area contributed by atoms with Gasteiger partial charge in [0.05, 0.1) is 22.4 Å². The third-order valence-electron chi connectivity index (χ3n) is 9.59. The first-order valence-electron chi connectivity index (χ1n) is 17.1. The maximum absolute atomic E-state index is 2.47. The predicted octanol–water partition coefficient (Wildman–Crippen LogP) is 13.3. The monoisotopic (exact) mass is 638 g/mol. The van der Waals surface area contributed by atoms with Crippen LogP contribution in [0.5, 0.6) is 0 Å². The predicted molar refractivity (Wildman–Crippen MR) is 212 cm³/mol. The highest BCUT2D eigenvalue weighted by Crippen LogP contribution is 2.49. The van der Waals surface area contributed by atoms with Gasteiger partial charge in [-0.1, -0.05) is 158 Å². The molecule has 0 saturated carbocycles. The van der Waals surface area contributed by atoms with E-state index >= 15 is 0 Å². The van der Waals surface area contributed by atoms with Crippen LogP contribution in [0.25, 0.3) is 60.9 Å². The summed E-state index contributed by atoms with van der Waals surface area (Å²) in [7, 11) is 0. The van der Waals surface area contributed by atoms with Gasteiger partial charge in [0.2, 0.25) is 0 Å². The molecule has 0 spiro atoms. The highest BCUT2D eigenvalue weighted by atomic mass is 15.2. The first kappa shape index (κ1) is 29.5. The summed E-state index contributed by atoms with van der Waals surface area (Å²) in [6.45, 7) is 0. The second-order valence-electron chi connectivity index (χ2n) is 12.5. The normalized spacial score (nSPS) is 11.2. The fraction of sp³-hybridized carbons (Fsp3) is 0. The van der Waals surface area contributed by atoms with E-state index in [4.69, 9.17) is 0 Å². The van der Waals surface area contributed by atoms with E-state index in [0.717, 1.165) is 22.7 Å². The van der Waals surface area contributed by atoms with Crippen LogP contribution in [0.3, 0.4) is 0 Å². The maximum Gasteiger partial charge on any atom is 0.0562 e. The summed E-state index contributed by atoms with van der Waals surface area (Å²) >= 11 is 0. The molecule has 236 valence electrons. The Labute approximate surface area is 292 Å². The van der Waals surface area contributed by atoms with Crippen molar-refractivity contribution in [2.75, 3.05) is 4.90 Å². The van der Waals surface area contributed by atoms with Crippen molar-refractivity contribution in [3.05, 3.63) is 206 Å². The summed E-state index contributed by atoms with van der Waals surface area (Å²) in [5.41, 5.74) is 14.0. The molecule has 0 fully saturated rings. The Morgan fingerprint density at radius 2 is 0.860 bits per heavy atom. The summed E-state index contributed by atoms with van der Waals surface area (Å²) in [4.78, 5) is 2.47. The quantitative estimate of drug-likeness (QED) is 0.169. The van der Waals surface area contributed by atoms with Gasteiger partial charge in [-0.05, 0) is 76.3 Å². The van der Waals surface area contributed by atoms with E-state index in [0.29, 0.717) is 0 Å². The lowest BCUT2D eigenvalue weighted by atomic mass is 9.92. The van der Waals surface area contributed by atoms with Crippen LogP contribution in [0.1, 0.15) is 0 Å². The van der Waals surface area contributed by atoms with Crippen molar-refractivity contribution < 1.29 is 0 Å². The number of anilines is 3. The molecule has 0 amide bonds. The van der Waals surface area contributed by atoms with Crippen molar-refractivity contribution in [2.24, 2.45) is 0 Å². The molecule has 0 atom stereocenters. The Bertz CT molecular complexity index is 2550. The molecule has 8 aromatic carbocycles. The molecular weight excluding hydrogens is 605 g/mol. The smallest absolute Gasteiger partial charge is 0.0562 e. The van der Waals surface area contributed by atoms with Gasteiger partial charge in [-0.3, -0.25) is 0 Å². The number of nitrogens with zero attached hydrogens (tertiary/aromatic N) is 2. The fourth-order valence-electron chi connectivity index (χ4n) is 7.38. The molecule has 0 aliphatic rings. The average Bonchev–Trinajstić information content (AvgIpc) is 3.55. The van der Waals surface area contributed by atoms with Gasteiger partial charge in [0, 0.05) is 27.7 Å². The van der Waals surface area contributed by atoms with Gasteiger partial charge >= 0.3 is 0 Å². The zero-order valence-corrected chi connectivity index (χ0v) is 27.5. The molecule has 1 heterocycles. The summed E-state index contributed by atoms with van der Waals surface area (Å²) in [5, 5.41) is 2.43. The standard InChI is InChI=1S/C48H34N2/c1-5-17-35(18-6-1)36-31-33-40(34-32-36)50(44-28-15-26-41(37-19-7-2-8-20-37)47(44)38-21-9-3-10-22-38)46-30-16-29-45-48(46)42-25-13-14-27-43(42)49(45)39-23-11-4-12-24-39/h1-34H. The van der Waals surface area contributed by atoms with Gasteiger partial charge in [-0.2, -0.15) is 0 Å². The van der Waals surface area contributed by atoms with Crippen LogP contribution in [0.4, 0.5) is 17.1 Å². The molecule has 1 aromatic heterocycles. The van der Waals surface area contributed by atoms with Gasteiger partial charge in [0.15, 0.2) is 0 Å². The Hall–Kier alpha value is -6.64. The highest BCUT2D eigenvalue weighted by molar-refractivity contribution is 6.17. The second-order valence-corrected chi connectivity index (χ2v) is 12.5. The van der Waals surface area contributed by atoms with Crippen LogP contribution in [-0.4, -0.2) is 4.57 Å². The maximum atomic E-state index is 2.47. The lowest BCUT2D eigenvalue weighted by Crippen LogP contribution is -2.12. The molecule has 0 saturated heterocycles. The number of hydrogen-bond acceptors (Lipinski definition) is 1. The molecule has 9 rings (SSSR count). The summed E-state index contributed by atoms with van der Waals surface area (Å²) in [6, 6.07) is 74.1. The Morgan fingerprint density at radius 1 is 0.340 bits per heavy atom. The van der Waals surface area contributed by atoms with Gasteiger partial charge in [0.1, 0.15) is 0 Å². The van der Waals surface area contributed by atoms with Crippen molar-refractivity contribution in [3.8, 4) is 39.1 Å². The number of aromatic nitrogens is 1. The lowest BCUT2D eigenvalue weighted by molar-refractivity contribution is 1.18. The first-order chi connectivity index (χ1) is 24.8. The van der Waals surface area contributed by atoms with Crippen molar-refractivity contribution in [2.45, 2.75) is 0 Å². The van der Waals surface area contributed by atoms with E-state index in [1.54, 1.807) is 0 Å². The molecule has 2 nitrogen and oxygen atoms in total. The van der Waals surface area contributed by atoms with Crippen molar-refractivity contribution in [3.63, 3.8) is 0 Å². The molecule has 0 unspecified atom stereocenters. The SMILES string of the molecule is c1ccc(-c2ccc(N(c3cccc(-c4ccccc4)c3-c3ccccc3)c3cccc4c3c3ccccc3n4-c3ccccc3)cc2)cc1. The number of hydrogen-bond donors (Lipinski definition) is 0. The third kappa shape index (κ3) is 5.15. The lowest BCUT2D eigenvalue weighted by Gasteiger charge is -2.30. The summed E-state index contributed by atoms with van der Waals surface area (Å²) < 4.78 is 2.39. The van der Waals surface area contributed by atoms with Crippen molar-refractivity contribution in [1.82, 2.24) is 4.57 Å². The minimum Gasteiger partial charge on any atom is -0.309 e. The van der Waals surface area contributed by atoms with Crippen LogP contribution < -0.4 is 4.90 Å². The van der Waals surface area contributed by atoms with Crippen LogP contribution in [0.15, 0.2) is 206 Å². The average molecular weight is 639 g/mol. The largest absolute Gasteiger partial charge is 0.309 e. The van der Waals surface area contributed by atoms with Crippen molar-refractivity contribution in [1.29, 1.82) is 0 Å². The number of fused-ring (bicyclic) bond motifs is 3. The van der Waals surface area contributed by atoms with E-state index in [1.165, 1.54) is 55.2 Å². The first-order valence-corrected chi connectivity index (χ1v) is 17.1. The van der Waals surface area contributed by atoms with Crippen LogP contribution in [0.2, 0.25) is 0 Å². The zero-order valence-electron chi connectivity index (χ0n) is 27.5. The van der Waals surface area contributed by atoms with E-state index in [-0.39, 0.29) is 0 Å². The van der Waals surface area contributed by atoms with Gasteiger partial charge in [-0.25, -0.2) is 0 Å². The van der Waals surface area contributed by atoms with E-state index in [9.17, 15) is 0 Å². The van der Waals surface area contributed by atoms with Crippen LogP contribution in [-0.2, 0) is 0 Å². The number of para-hydroxylation sites is 2. The molecule has 0 radical (unpaired) electrons. The fourth-order valence-corrected chi connectivity index (χ4v) is 7.38. The third-order valence-corrected chi connectivity index (χ3v) is 9.59. The van der Waals surface area contributed by atoms with E-state index in [2.05, 4.69) is 216 Å². The van der Waals surface area contributed by atoms with Gasteiger partial charge < -0.3 is 9.47 Å². The molecule has 0 N–H and O–H groups in total. The second kappa shape index (κ2) is 12.8. The zero-order chi connectivity index (χ0) is 33.3. The van der Waals surface area contributed by atoms with Crippen LogP contribution in [0, 0.1) is 0 Å². The molecular formula is C48H34N2. The molecule has 50 heavy (non-hydrogen) atoms. The minimum atomic E-state index is 1.09. The number of benzene rings is 8. The Kier molecular flexibility index (Phi) is 7.53. The minimum absolute atomic E-state index is 1.09. The van der Waals surface area contributed by atoms with Gasteiger partial charge in [0.25, 0.3) is 0 Å². The highest BCUT2D eigenvalue weighted by Gasteiger charge is 2.24. The Morgan fingerprint density at radius 3 is 1.56 bits per heavy atom. The topological polar surface area (TPSA) is 8.17 Å². The molecule has 0 bridgehead atoms. The molecule has 2 heteroatoms. The molecule has 9 aromatic rings. The number of rotatable bonds is 7. The van der Waals surface area contributed by atoms with E-state index < -0.39 is 0 Å². The van der Waals surface area contributed by atoms with Gasteiger partial charge in [-0.15, -0.1) is 0 Å².